The molecule has 2 aromatic carbocycles. The molecule has 128 valence electrons. The maximum Gasteiger partial charge on any atom is 0.221 e. The molecule has 0 bridgehead atoms. The first-order chi connectivity index (χ1) is 12.0. The van der Waals surface area contributed by atoms with Gasteiger partial charge in [-0.3, -0.25) is 4.79 Å². The van der Waals surface area contributed by atoms with Gasteiger partial charge in [0.2, 0.25) is 5.91 Å². The molecule has 0 aliphatic heterocycles. The summed E-state index contributed by atoms with van der Waals surface area (Å²) in [5.74, 6) is -1.41. The van der Waals surface area contributed by atoms with Crippen molar-refractivity contribution in [2.45, 2.75) is 6.92 Å². The fourth-order valence-corrected chi connectivity index (χ4v) is 2.44. The minimum Gasteiger partial charge on any atom is -0.502 e. The third-order valence-electron chi connectivity index (χ3n) is 3.60. The molecule has 3 aromatic rings. The number of aromatic hydroxyl groups is 1. The Bertz CT molecular complexity index is 937. The van der Waals surface area contributed by atoms with E-state index in [0.29, 0.717) is 16.8 Å². The van der Waals surface area contributed by atoms with Crippen molar-refractivity contribution in [3.8, 4) is 28.3 Å². The molecule has 0 saturated carbocycles. The average molecular weight is 341 g/mol. The first kappa shape index (κ1) is 16.5. The molecular weight excluding hydrogens is 325 g/mol. The molecule has 0 atom stereocenters. The Labute approximate surface area is 143 Å². The molecule has 1 heterocycles. The standard InChI is InChI=1S/C18H16FN3O3/c1-11(23)21-14-4-3-5-15(8-14)22-10-13(9-20-22)12-6-16(19)18(24)17(7-12)25-2/h3-10,24H,1-2H3,(H,21,23). The van der Waals surface area contributed by atoms with Crippen LogP contribution in [0.2, 0.25) is 0 Å². The topological polar surface area (TPSA) is 76.4 Å². The molecule has 6 nitrogen and oxygen atoms in total. The molecule has 25 heavy (non-hydrogen) atoms. The minimum absolute atomic E-state index is 0.0513. The summed E-state index contributed by atoms with van der Waals surface area (Å²) in [5, 5.41) is 16.6. The number of phenols is 1. The lowest BCUT2D eigenvalue weighted by molar-refractivity contribution is -0.114. The van der Waals surface area contributed by atoms with Crippen molar-refractivity contribution in [3.05, 3.63) is 54.6 Å². The predicted molar refractivity (Wildman–Crippen MR) is 91.5 cm³/mol. The number of rotatable bonds is 4. The third-order valence-corrected chi connectivity index (χ3v) is 3.60. The fraction of sp³-hybridized carbons (Fsp3) is 0.111. The van der Waals surface area contributed by atoms with E-state index in [2.05, 4.69) is 10.4 Å². The number of carbonyl (C=O) groups excluding carboxylic acids is 1. The second-order valence-corrected chi connectivity index (χ2v) is 5.41. The Morgan fingerprint density at radius 3 is 2.80 bits per heavy atom. The number of aromatic nitrogens is 2. The molecule has 1 amide bonds. The van der Waals surface area contributed by atoms with Gasteiger partial charge < -0.3 is 15.2 Å². The van der Waals surface area contributed by atoms with Crippen LogP contribution >= 0.6 is 0 Å². The van der Waals surface area contributed by atoms with E-state index in [4.69, 9.17) is 4.74 Å². The van der Waals surface area contributed by atoms with Gasteiger partial charge in [-0.15, -0.1) is 0 Å². The van der Waals surface area contributed by atoms with Gasteiger partial charge in [0, 0.05) is 24.4 Å². The van der Waals surface area contributed by atoms with Crippen LogP contribution < -0.4 is 10.1 Å². The van der Waals surface area contributed by atoms with Crippen LogP contribution in [0.3, 0.4) is 0 Å². The number of hydrogen-bond donors (Lipinski definition) is 2. The molecule has 0 unspecified atom stereocenters. The van der Waals surface area contributed by atoms with Gasteiger partial charge >= 0.3 is 0 Å². The van der Waals surface area contributed by atoms with Crippen molar-refractivity contribution in [1.82, 2.24) is 9.78 Å². The molecule has 0 aliphatic rings. The minimum atomic E-state index is -0.769. The smallest absolute Gasteiger partial charge is 0.221 e. The molecule has 0 fully saturated rings. The van der Waals surface area contributed by atoms with E-state index in [1.165, 1.54) is 26.2 Å². The highest BCUT2D eigenvalue weighted by atomic mass is 19.1. The van der Waals surface area contributed by atoms with Gasteiger partial charge in [0.25, 0.3) is 0 Å². The second kappa shape index (κ2) is 6.64. The maximum atomic E-state index is 13.8. The summed E-state index contributed by atoms with van der Waals surface area (Å²) >= 11 is 0. The summed E-state index contributed by atoms with van der Waals surface area (Å²) in [4.78, 5) is 11.2. The molecule has 0 spiro atoms. The highest BCUT2D eigenvalue weighted by molar-refractivity contribution is 5.88. The molecule has 1 aromatic heterocycles. The number of carbonyl (C=O) groups is 1. The van der Waals surface area contributed by atoms with Crippen molar-refractivity contribution < 1.29 is 19.0 Å². The summed E-state index contributed by atoms with van der Waals surface area (Å²) in [6.07, 6.45) is 3.30. The van der Waals surface area contributed by atoms with Gasteiger partial charge in [-0.1, -0.05) is 6.07 Å². The van der Waals surface area contributed by atoms with E-state index in [1.807, 2.05) is 6.07 Å². The van der Waals surface area contributed by atoms with Crippen LogP contribution in [-0.2, 0) is 4.79 Å². The van der Waals surface area contributed by atoms with E-state index in [0.717, 1.165) is 5.69 Å². The lowest BCUT2D eigenvalue weighted by atomic mass is 10.1. The van der Waals surface area contributed by atoms with E-state index in [1.54, 1.807) is 35.3 Å². The number of nitrogens with one attached hydrogen (secondary N) is 1. The van der Waals surface area contributed by atoms with Crippen LogP contribution in [0, 0.1) is 5.82 Å². The van der Waals surface area contributed by atoms with Crippen molar-refractivity contribution >= 4 is 11.6 Å². The zero-order valence-corrected chi connectivity index (χ0v) is 13.7. The van der Waals surface area contributed by atoms with Gasteiger partial charge in [-0.05, 0) is 35.9 Å². The highest BCUT2D eigenvalue weighted by Crippen LogP contribution is 2.34. The lowest BCUT2D eigenvalue weighted by Crippen LogP contribution is -2.06. The first-order valence-electron chi connectivity index (χ1n) is 7.47. The van der Waals surface area contributed by atoms with Crippen molar-refractivity contribution in [3.63, 3.8) is 0 Å². The predicted octanol–water partition coefficient (Wildman–Crippen LogP) is 3.35. The summed E-state index contributed by atoms with van der Waals surface area (Å²) in [6, 6.07) is 9.93. The highest BCUT2D eigenvalue weighted by Gasteiger charge is 2.13. The third kappa shape index (κ3) is 3.45. The molecule has 0 radical (unpaired) electrons. The zero-order valence-electron chi connectivity index (χ0n) is 13.7. The number of methoxy groups -OCH3 is 1. The Morgan fingerprint density at radius 2 is 2.08 bits per heavy atom. The number of amides is 1. The van der Waals surface area contributed by atoms with Gasteiger partial charge in [0.15, 0.2) is 17.3 Å². The van der Waals surface area contributed by atoms with Crippen LogP contribution in [0.25, 0.3) is 16.8 Å². The average Bonchev–Trinajstić information content (AvgIpc) is 3.07. The van der Waals surface area contributed by atoms with Crippen molar-refractivity contribution in [2.24, 2.45) is 0 Å². The first-order valence-corrected chi connectivity index (χ1v) is 7.47. The number of anilines is 1. The summed E-state index contributed by atoms with van der Waals surface area (Å²) in [6.45, 7) is 1.44. The zero-order chi connectivity index (χ0) is 18.0. The molecule has 3 rings (SSSR count). The van der Waals surface area contributed by atoms with Crippen LogP contribution in [0.1, 0.15) is 6.92 Å². The number of hydrogen-bond acceptors (Lipinski definition) is 4. The normalized spacial score (nSPS) is 10.5. The van der Waals surface area contributed by atoms with Crippen LogP contribution in [-0.4, -0.2) is 27.9 Å². The number of nitrogens with zero attached hydrogens (tertiary/aromatic N) is 2. The number of benzene rings is 2. The van der Waals surface area contributed by atoms with Gasteiger partial charge in [-0.2, -0.15) is 5.10 Å². The number of phenolic OH excluding ortho intramolecular Hbond substituents is 1. The maximum absolute atomic E-state index is 13.8. The van der Waals surface area contributed by atoms with E-state index >= 15 is 0 Å². The monoisotopic (exact) mass is 341 g/mol. The Morgan fingerprint density at radius 1 is 1.28 bits per heavy atom. The van der Waals surface area contributed by atoms with Gasteiger partial charge in [-0.25, -0.2) is 9.07 Å². The number of halogens is 1. The Kier molecular flexibility index (Phi) is 4.38. The Balaban J connectivity index is 1.96. The SMILES string of the molecule is COc1cc(-c2cnn(-c3cccc(NC(C)=O)c3)c2)cc(F)c1O. The number of ether oxygens (including phenoxy) is 1. The van der Waals surface area contributed by atoms with E-state index in [-0.39, 0.29) is 11.7 Å². The molecular formula is C18H16FN3O3. The van der Waals surface area contributed by atoms with Crippen LogP contribution in [0.5, 0.6) is 11.5 Å². The van der Waals surface area contributed by atoms with Crippen molar-refractivity contribution in [2.75, 3.05) is 12.4 Å². The largest absolute Gasteiger partial charge is 0.502 e. The second-order valence-electron chi connectivity index (χ2n) is 5.41. The quantitative estimate of drug-likeness (QED) is 0.763. The van der Waals surface area contributed by atoms with E-state index in [9.17, 15) is 14.3 Å². The van der Waals surface area contributed by atoms with Crippen LogP contribution in [0.15, 0.2) is 48.8 Å². The molecule has 2 N–H and O–H groups in total. The van der Waals surface area contributed by atoms with E-state index < -0.39 is 11.6 Å². The molecule has 0 saturated heterocycles. The summed E-state index contributed by atoms with van der Waals surface area (Å²) in [7, 11) is 1.36. The van der Waals surface area contributed by atoms with Crippen molar-refractivity contribution in [1.29, 1.82) is 0 Å². The summed E-state index contributed by atoms with van der Waals surface area (Å²) < 4.78 is 20.4. The van der Waals surface area contributed by atoms with Gasteiger partial charge in [0.1, 0.15) is 0 Å². The van der Waals surface area contributed by atoms with Gasteiger partial charge in [0.05, 0.1) is 19.0 Å². The Hall–Kier alpha value is -3.35. The summed E-state index contributed by atoms with van der Waals surface area (Å²) in [5.41, 5.74) is 2.57. The molecule has 7 heteroatoms. The molecule has 0 aliphatic carbocycles. The van der Waals surface area contributed by atoms with Crippen LogP contribution in [0.4, 0.5) is 10.1 Å². The fourth-order valence-electron chi connectivity index (χ4n) is 2.44. The lowest BCUT2D eigenvalue weighted by Gasteiger charge is -2.07.